The fourth-order valence-electron chi connectivity index (χ4n) is 2.17. The molecule has 0 aliphatic heterocycles. The topological polar surface area (TPSA) is 82.4 Å². The van der Waals surface area contributed by atoms with Crippen LogP contribution in [0.2, 0.25) is 0 Å². The van der Waals surface area contributed by atoms with Crippen LogP contribution in [-0.2, 0) is 4.74 Å². The van der Waals surface area contributed by atoms with Crippen LogP contribution >= 0.6 is 0 Å². The monoisotopic (exact) mass is 327 g/mol. The van der Waals surface area contributed by atoms with Gasteiger partial charge in [0.1, 0.15) is 12.4 Å². The van der Waals surface area contributed by atoms with Gasteiger partial charge in [-0.1, -0.05) is 6.07 Å². The number of aryl methyl sites for hydroxylation is 2. The number of hydrogen-bond donors (Lipinski definition) is 3. The minimum atomic E-state index is -0.658. The van der Waals surface area contributed by atoms with Gasteiger partial charge < -0.3 is 24.8 Å². The van der Waals surface area contributed by atoms with Crippen molar-refractivity contribution in [2.24, 2.45) is 0 Å². The zero-order valence-electron chi connectivity index (χ0n) is 14.1. The average molecular weight is 327 g/mol. The van der Waals surface area contributed by atoms with Crippen LogP contribution in [0.5, 0.6) is 5.75 Å². The molecule has 0 radical (unpaired) electrons. The van der Waals surface area contributed by atoms with Gasteiger partial charge >= 0.3 is 0 Å². The summed E-state index contributed by atoms with van der Waals surface area (Å²) in [5, 5.41) is 27.7. The van der Waals surface area contributed by atoms with Gasteiger partial charge in [0.25, 0.3) is 0 Å². The number of aliphatic hydroxyl groups is 3. The smallest absolute Gasteiger partial charge is 0.119 e. The molecule has 132 valence electrons. The first kappa shape index (κ1) is 19.9. The summed E-state index contributed by atoms with van der Waals surface area (Å²) in [6.07, 6.45) is -0.658. The molecule has 1 aromatic rings. The molecule has 23 heavy (non-hydrogen) atoms. The lowest BCUT2D eigenvalue weighted by molar-refractivity contribution is 0.00361. The van der Waals surface area contributed by atoms with E-state index in [1.54, 1.807) is 4.90 Å². The highest BCUT2D eigenvalue weighted by Gasteiger charge is 2.11. The lowest BCUT2D eigenvalue weighted by Crippen LogP contribution is -2.38. The Morgan fingerprint density at radius 1 is 1.04 bits per heavy atom. The van der Waals surface area contributed by atoms with E-state index in [0.29, 0.717) is 32.8 Å². The fraction of sp³-hybridized carbons (Fsp3) is 0.647. The van der Waals surface area contributed by atoms with E-state index in [1.807, 2.05) is 25.1 Å². The predicted molar refractivity (Wildman–Crippen MR) is 88.8 cm³/mol. The minimum Gasteiger partial charge on any atom is -0.491 e. The standard InChI is InChI=1S/C17H29NO5/c1-14-3-4-17(11-15(14)2)23-10-9-22-13-16(21)12-18(5-7-19)6-8-20/h3-4,11,16,19-21H,5-10,12-13H2,1-2H3/t16-/m1/s1. The van der Waals surface area contributed by atoms with Crippen LogP contribution in [0.1, 0.15) is 11.1 Å². The third-order valence-electron chi connectivity index (χ3n) is 3.59. The van der Waals surface area contributed by atoms with E-state index in [0.717, 1.165) is 5.75 Å². The van der Waals surface area contributed by atoms with E-state index in [2.05, 4.69) is 6.92 Å². The molecule has 0 saturated carbocycles. The van der Waals surface area contributed by atoms with Crippen molar-refractivity contribution in [2.45, 2.75) is 20.0 Å². The predicted octanol–water partition coefficient (Wildman–Crippen LogP) is 0.346. The van der Waals surface area contributed by atoms with Crippen molar-refractivity contribution in [1.82, 2.24) is 4.90 Å². The molecule has 6 heteroatoms. The maximum Gasteiger partial charge on any atom is 0.119 e. The van der Waals surface area contributed by atoms with E-state index in [-0.39, 0.29) is 19.8 Å². The fourth-order valence-corrected chi connectivity index (χ4v) is 2.17. The first-order valence-electron chi connectivity index (χ1n) is 7.96. The molecule has 0 unspecified atom stereocenters. The van der Waals surface area contributed by atoms with Crippen LogP contribution in [0.25, 0.3) is 0 Å². The molecule has 1 rings (SSSR count). The highest BCUT2D eigenvalue weighted by molar-refractivity contribution is 5.33. The molecule has 0 fully saturated rings. The van der Waals surface area contributed by atoms with Crippen LogP contribution in [0.4, 0.5) is 0 Å². The number of nitrogens with zero attached hydrogens (tertiary/aromatic N) is 1. The summed E-state index contributed by atoms with van der Waals surface area (Å²) in [7, 11) is 0. The van der Waals surface area contributed by atoms with Gasteiger partial charge in [-0.25, -0.2) is 0 Å². The normalized spacial score (nSPS) is 12.6. The number of rotatable bonds is 12. The Labute approximate surface area is 138 Å². The Kier molecular flexibility index (Phi) is 9.82. The summed E-state index contributed by atoms with van der Waals surface area (Å²) in [6.45, 7) is 6.31. The lowest BCUT2D eigenvalue weighted by Gasteiger charge is -2.23. The van der Waals surface area contributed by atoms with Crippen molar-refractivity contribution >= 4 is 0 Å². The second-order valence-electron chi connectivity index (χ2n) is 5.57. The van der Waals surface area contributed by atoms with Crippen LogP contribution < -0.4 is 4.74 Å². The van der Waals surface area contributed by atoms with Crippen molar-refractivity contribution in [3.63, 3.8) is 0 Å². The van der Waals surface area contributed by atoms with Gasteiger partial charge in [-0.3, -0.25) is 4.90 Å². The molecule has 0 heterocycles. The Balaban J connectivity index is 2.17. The third-order valence-corrected chi connectivity index (χ3v) is 3.59. The van der Waals surface area contributed by atoms with Gasteiger partial charge in [-0.15, -0.1) is 0 Å². The van der Waals surface area contributed by atoms with Crippen LogP contribution in [-0.4, -0.2) is 79.0 Å². The summed E-state index contributed by atoms with van der Waals surface area (Å²) in [4.78, 5) is 1.79. The number of aliphatic hydroxyl groups excluding tert-OH is 3. The Morgan fingerprint density at radius 3 is 2.35 bits per heavy atom. The van der Waals surface area contributed by atoms with Crippen molar-refractivity contribution in [3.8, 4) is 5.75 Å². The summed E-state index contributed by atoms with van der Waals surface area (Å²) >= 11 is 0. The zero-order chi connectivity index (χ0) is 17.1. The molecular formula is C17H29NO5. The first-order valence-corrected chi connectivity index (χ1v) is 7.96. The molecule has 0 amide bonds. The molecule has 0 aliphatic rings. The van der Waals surface area contributed by atoms with Crippen LogP contribution in [0, 0.1) is 13.8 Å². The van der Waals surface area contributed by atoms with Crippen LogP contribution in [0.3, 0.4) is 0 Å². The van der Waals surface area contributed by atoms with Crippen molar-refractivity contribution in [3.05, 3.63) is 29.3 Å². The van der Waals surface area contributed by atoms with E-state index in [9.17, 15) is 5.11 Å². The van der Waals surface area contributed by atoms with E-state index < -0.39 is 6.10 Å². The number of hydrogen-bond acceptors (Lipinski definition) is 6. The average Bonchev–Trinajstić information content (AvgIpc) is 2.51. The van der Waals surface area contributed by atoms with E-state index in [4.69, 9.17) is 19.7 Å². The molecular weight excluding hydrogens is 298 g/mol. The molecule has 3 N–H and O–H groups in total. The summed E-state index contributed by atoms with van der Waals surface area (Å²) in [5.74, 6) is 0.814. The Morgan fingerprint density at radius 2 is 1.74 bits per heavy atom. The molecule has 0 aromatic heterocycles. The van der Waals surface area contributed by atoms with Crippen molar-refractivity contribution < 1.29 is 24.8 Å². The van der Waals surface area contributed by atoms with Gasteiger partial charge in [0.05, 0.1) is 32.5 Å². The molecule has 1 aromatic carbocycles. The molecule has 0 aliphatic carbocycles. The molecule has 0 spiro atoms. The van der Waals surface area contributed by atoms with Gasteiger partial charge in [0.15, 0.2) is 0 Å². The molecule has 0 saturated heterocycles. The summed E-state index contributed by atoms with van der Waals surface area (Å²) in [5.41, 5.74) is 2.42. The molecule has 6 nitrogen and oxygen atoms in total. The summed E-state index contributed by atoms with van der Waals surface area (Å²) in [6, 6.07) is 5.94. The maximum absolute atomic E-state index is 9.89. The third kappa shape index (κ3) is 8.29. The lowest BCUT2D eigenvalue weighted by atomic mass is 10.1. The van der Waals surface area contributed by atoms with Crippen molar-refractivity contribution in [2.75, 3.05) is 52.7 Å². The minimum absolute atomic E-state index is 0.00260. The highest BCUT2D eigenvalue weighted by Crippen LogP contribution is 2.16. The highest BCUT2D eigenvalue weighted by atomic mass is 16.5. The Hall–Kier alpha value is -1.18. The second kappa shape index (κ2) is 11.4. The quantitative estimate of drug-likeness (QED) is 0.481. The molecule has 0 bridgehead atoms. The van der Waals surface area contributed by atoms with Gasteiger partial charge in [-0.2, -0.15) is 0 Å². The summed E-state index contributed by atoms with van der Waals surface area (Å²) < 4.78 is 11.0. The van der Waals surface area contributed by atoms with E-state index in [1.165, 1.54) is 11.1 Å². The Bertz CT molecular complexity index is 435. The van der Waals surface area contributed by atoms with Gasteiger partial charge in [-0.05, 0) is 37.1 Å². The number of benzene rings is 1. The SMILES string of the molecule is Cc1ccc(OCCOC[C@H](O)CN(CCO)CCO)cc1C. The molecule has 1 atom stereocenters. The second-order valence-corrected chi connectivity index (χ2v) is 5.57. The first-order chi connectivity index (χ1) is 11.1. The van der Waals surface area contributed by atoms with Crippen molar-refractivity contribution in [1.29, 1.82) is 0 Å². The maximum atomic E-state index is 9.89. The largest absolute Gasteiger partial charge is 0.491 e. The van der Waals surface area contributed by atoms with Gasteiger partial charge in [0, 0.05) is 19.6 Å². The van der Waals surface area contributed by atoms with E-state index >= 15 is 0 Å². The zero-order valence-corrected chi connectivity index (χ0v) is 14.1. The number of ether oxygens (including phenoxy) is 2. The van der Waals surface area contributed by atoms with Gasteiger partial charge in [0.2, 0.25) is 0 Å². The van der Waals surface area contributed by atoms with Crippen LogP contribution in [0.15, 0.2) is 18.2 Å².